The Bertz CT molecular complexity index is 727. The van der Waals surface area contributed by atoms with Crippen molar-refractivity contribution >= 4 is 23.6 Å². The molecule has 0 aliphatic carbocycles. The quantitative estimate of drug-likeness (QED) is 0.480. The number of rotatable bonds is 5. The summed E-state index contributed by atoms with van der Waals surface area (Å²) in [6.07, 6.45) is 0. The van der Waals surface area contributed by atoms with Gasteiger partial charge in [0.25, 0.3) is 0 Å². The van der Waals surface area contributed by atoms with Crippen molar-refractivity contribution in [3.8, 4) is 0 Å². The van der Waals surface area contributed by atoms with Gasteiger partial charge in [-0.05, 0) is 24.6 Å². The smallest absolute Gasteiger partial charge is 0.338 e. The van der Waals surface area contributed by atoms with E-state index in [1.165, 1.54) is 12.0 Å². The van der Waals surface area contributed by atoms with Crippen LogP contribution in [0.1, 0.15) is 18.5 Å². The van der Waals surface area contributed by atoms with Crippen LogP contribution in [0.15, 0.2) is 35.5 Å². The molecule has 0 unspecified atom stereocenters. The summed E-state index contributed by atoms with van der Waals surface area (Å²) >= 11 is 5.98. The highest BCUT2D eigenvalue weighted by atomic mass is 35.5. The fourth-order valence-corrected chi connectivity index (χ4v) is 3.88. The van der Waals surface area contributed by atoms with Crippen molar-refractivity contribution in [2.45, 2.75) is 13.0 Å². The fourth-order valence-electron chi connectivity index (χ4n) is 3.75. The van der Waals surface area contributed by atoms with E-state index in [0.29, 0.717) is 22.8 Å². The Hall–Kier alpha value is -2.09. The summed E-state index contributed by atoms with van der Waals surface area (Å²) in [5.74, 6) is -0.435. The Kier molecular flexibility index (Phi) is 6.36. The maximum absolute atomic E-state index is 12.6. The molecule has 1 aromatic carbocycles. The molecule has 3 rings (SSSR count). The first-order valence-corrected chi connectivity index (χ1v) is 9.71. The van der Waals surface area contributed by atoms with Gasteiger partial charge in [0.15, 0.2) is 0 Å². The van der Waals surface area contributed by atoms with E-state index in [1.807, 2.05) is 12.1 Å². The Morgan fingerprint density at radius 2 is 1.81 bits per heavy atom. The van der Waals surface area contributed by atoms with E-state index < -0.39 is 12.0 Å². The zero-order valence-corrected chi connectivity index (χ0v) is 16.5. The van der Waals surface area contributed by atoms with Crippen LogP contribution in [0.4, 0.5) is 4.79 Å². The first-order chi connectivity index (χ1) is 13.0. The summed E-state index contributed by atoms with van der Waals surface area (Å²) in [5, 5.41) is 6.28. The molecule has 2 aliphatic heterocycles. The lowest BCUT2D eigenvalue weighted by atomic mass is 9.95. The van der Waals surface area contributed by atoms with E-state index in [1.54, 1.807) is 17.0 Å². The summed E-state index contributed by atoms with van der Waals surface area (Å²) in [6, 6.07) is 6.26. The van der Waals surface area contributed by atoms with Crippen molar-refractivity contribution in [1.82, 2.24) is 10.6 Å². The highest BCUT2D eigenvalue weighted by Gasteiger charge is 2.35. The lowest BCUT2D eigenvalue weighted by Crippen LogP contribution is -3.28. The standard InChI is InChI=1S/C19H25ClN4O3/c1-3-23-8-10-24(11-9-23)12-15-16(18(25)27-2)17(22-19(26)21-15)13-4-6-14(20)7-5-13/h4-7,17H,3,8-12H2,1-2H3,(H2,21,22,26)/p+2/t17-/m0/s1. The molecule has 0 bridgehead atoms. The molecule has 1 atom stereocenters. The van der Waals surface area contributed by atoms with Crippen LogP contribution in [0.2, 0.25) is 5.02 Å². The number of carbonyl (C=O) groups is 2. The zero-order valence-electron chi connectivity index (χ0n) is 15.7. The number of esters is 1. The van der Waals surface area contributed by atoms with Gasteiger partial charge in [0.2, 0.25) is 0 Å². The van der Waals surface area contributed by atoms with Crippen molar-refractivity contribution in [2.24, 2.45) is 0 Å². The molecule has 8 heteroatoms. The van der Waals surface area contributed by atoms with E-state index >= 15 is 0 Å². The molecule has 1 aromatic rings. The predicted molar refractivity (Wildman–Crippen MR) is 102 cm³/mol. The molecule has 1 saturated heterocycles. The number of benzene rings is 1. The van der Waals surface area contributed by atoms with Crippen LogP contribution < -0.4 is 20.4 Å². The minimum Gasteiger partial charge on any atom is -0.466 e. The summed E-state index contributed by atoms with van der Waals surface area (Å²) in [5.41, 5.74) is 1.89. The SMILES string of the molecule is CC[NH+]1CC[NH+](CC2=C(C(=O)OC)[C@H](c3ccc(Cl)cc3)NC(=O)N2)CC1. The van der Waals surface area contributed by atoms with E-state index in [4.69, 9.17) is 16.3 Å². The molecule has 7 nitrogen and oxygen atoms in total. The first kappa shape index (κ1) is 19.7. The molecule has 1 fully saturated rings. The fraction of sp³-hybridized carbons (Fsp3) is 0.474. The van der Waals surface area contributed by atoms with Gasteiger partial charge < -0.3 is 25.2 Å². The van der Waals surface area contributed by atoms with Gasteiger partial charge in [-0.15, -0.1) is 0 Å². The van der Waals surface area contributed by atoms with Crippen LogP contribution in [-0.2, 0) is 9.53 Å². The number of carbonyl (C=O) groups excluding carboxylic acids is 2. The second kappa shape index (κ2) is 8.73. The van der Waals surface area contributed by atoms with Crippen LogP contribution >= 0.6 is 11.6 Å². The van der Waals surface area contributed by atoms with E-state index in [-0.39, 0.29) is 6.03 Å². The minimum atomic E-state index is -0.555. The third-order valence-electron chi connectivity index (χ3n) is 5.35. The highest BCUT2D eigenvalue weighted by molar-refractivity contribution is 6.30. The summed E-state index contributed by atoms with van der Waals surface area (Å²) in [7, 11) is 1.36. The Morgan fingerprint density at radius 1 is 1.19 bits per heavy atom. The van der Waals surface area contributed by atoms with Crippen molar-refractivity contribution in [1.29, 1.82) is 0 Å². The van der Waals surface area contributed by atoms with Crippen LogP contribution in [0.3, 0.4) is 0 Å². The van der Waals surface area contributed by atoms with Crippen LogP contribution in [0, 0.1) is 0 Å². The van der Waals surface area contributed by atoms with Crippen molar-refractivity contribution in [3.05, 3.63) is 46.1 Å². The predicted octanol–water partition coefficient (Wildman–Crippen LogP) is -1.08. The average molecular weight is 395 g/mol. The maximum atomic E-state index is 12.6. The molecule has 2 amide bonds. The molecule has 2 aliphatic rings. The van der Waals surface area contributed by atoms with Gasteiger partial charge in [-0.1, -0.05) is 23.7 Å². The lowest BCUT2D eigenvalue weighted by molar-refractivity contribution is -1.01. The van der Waals surface area contributed by atoms with Gasteiger partial charge in [-0.2, -0.15) is 0 Å². The second-order valence-electron chi connectivity index (χ2n) is 7.00. The average Bonchev–Trinajstić information content (AvgIpc) is 2.68. The number of urea groups is 1. The zero-order chi connectivity index (χ0) is 19.4. The highest BCUT2D eigenvalue weighted by Crippen LogP contribution is 2.28. The summed E-state index contributed by atoms with van der Waals surface area (Å²) < 4.78 is 5.03. The molecule has 0 saturated carbocycles. The lowest BCUT2D eigenvalue weighted by Gasteiger charge is -2.33. The van der Waals surface area contributed by atoms with E-state index in [2.05, 4.69) is 17.6 Å². The second-order valence-corrected chi connectivity index (χ2v) is 7.43. The van der Waals surface area contributed by atoms with Gasteiger partial charge in [0.05, 0.1) is 31.0 Å². The minimum absolute atomic E-state index is 0.310. The van der Waals surface area contributed by atoms with Gasteiger partial charge in [0, 0.05) is 5.02 Å². The molecular weight excluding hydrogens is 368 g/mol. The Balaban J connectivity index is 1.89. The third-order valence-corrected chi connectivity index (χ3v) is 5.61. The van der Waals surface area contributed by atoms with Gasteiger partial charge >= 0.3 is 12.0 Å². The number of likely N-dealkylation sites (N-methyl/N-ethyl adjacent to an activating group) is 1. The number of quaternary nitrogens is 2. The van der Waals surface area contributed by atoms with Crippen LogP contribution in [0.5, 0.6) is 0 Å². The number of hydrogen-bond donors (Lipinski definition) is 4. The van der Waals surface area contributed by atoms with E-state index in [9.17, 15) is 9.59 Å². The van der Waals surface area contributed by atoms with Crippen molar-refractivity contribution in [3.63, 3.8) is 0 Å². The number of methoxy groups -OCH3 is 1. The van der Waals surface area contributed by atoms with Crippen molar-refractivity contribution in [2.75, 3.05) is 46.4 Å². The molecule has 0 aromatic heterocycles. The normalized spacial score (nSPS) is 25.6. The summed E-state index contributed by atoms with van der Waals surface area (Å²) in [6.45, 7) is 8.13. The first-order valence-electron chi connectivity index (χ1n) is 9.33. The Labute approximate surface area is 164 Å². The Morgan fingerprint density at radius 3 is 2.41 bits per heavy atom. The number of nitrogens with one attached hydrogen (secondary N) is 4. The number of amides is 2. The molecule has 146 valence electrons. The number of piperazine rings is 1. The molecule has 0 radical (unpaired) electrons. The molecule has 4 N–H and O–H groups in total. The van der Waals surface area contributed by atoms with Crippen LogP contribution in [0.25, 0.3) is 0 Å². The number of ether oxygens (including phenoxy) is 1. The van der Waals surface area contributed by atoms with E-state index in [0.717, 1.165) is 38.3 Å². The molecule has 2 heterocycles. The van der Waals surface area contributed by atoms with Gasteiger partial charge in [-0.25, -0.2) is 9.59 Å². The van der Waals surface area contributed by atoms with Crippen LogP contribution in [-0.4, -0.2) is 58.4 Å². The number of hydrogen-bond acceptors (Lipinski definition) is 3. The monoisotopic (exact) mass is 394 g/mol. The number of halogens is 1. The largest absolute Gasteiger partial charge is 0.466 e. The van der Waals surface area contributed by atoms with Crippen molar-refractivity contribution < 1.29 is 24.1 Å². The topological polar surface area (TPSA) is 76.3 Å². The third kappa shape index (κ3) is 4.61. The molecular formula is C19H27ClN4O3+2. The molecule has 27 heavy (non-hydrogen) atoms. The summed E-state index contributed by atoms with van der Waals surface area (Å²) in [4.78, 5) is 27.8. The van der Waals surface area contributed by atoms with Gasteiger partial charge in [-0.3, -0.25) is 0 Å². The maximum Gasteiger partial charge on any atom is 0.338 e. The van der Waals surface area contributed by atoms with Gasteiger partial charge in [0.1, 0.15) is 32.7 Å². The molecule has 0 spiro atoms.